The number of fused-ring (bicyclic) bond motifs is 3. The molecule has 0 aliphatic rings. The summed E-state index contributed by atoms with van der Waals surface area (Å²) in [5.41, 5.74) is 13.6. The molecule has 0 amide bonds. The van der Waals surface area contributed by atoms with E-state index in [1.807, 2.05) is 36.4 Å². The molecule has 1 aromatic heterocycles. The molecule has 33 heavy (non-hydrogen) atoms. The fourth-order valence-corrected chi connectivity index (χ4v) is 4.70. The number of anilines is 1. The molecule has 4 rings (SSSR count). The molecule has 0 saturated heterocycles. The number of rotatable bonds is 8. The Morgan fingerprint density at radius 1 is 1.12 bits per heavy atom. The molecule has 2 N–H and O–H groups in total. The molecule has 8 heteroatoms. The van der Waals surface area contributed by atoms with E-state index in [1.165, 1.54) is 0 Å². The zero-order chi connectivity index (χ0) is 23.5. The fourth-order valence-electron chi connectivity index (χ4n) is 4.02. The number of ether oxygens (including phenoxy) is 1. The minimum absolute atomic E-state index is 0.213. The van der Waals surface area contributed by atoms with Gasteiger partial charge in [-0.1, -0.05) is 35.4 Å². The second-order valence-corrected chi connectivity index (χ2v) is 9.54. The zero-order valence-electron chi connectivity index (χ0n) is 18.8. The number of aliphatic hydroxyl groups is 1. The first-order valence-electron chi connectivity index (χ1n) is 10.8. The van der Waals surface area contributed by atoms with Crippen molar-refractivity contribution < 1.29 is 9.84 Å². The SMILES string of the molecule is CC(O)COc1c(NC(C)C)ccc2c1c1ccccc1n2Cc1ccc(N=[N+]=[N-])c(I)c1. The van der Waals surface area contributed by atoms with Gasteiger partial charge in [0.2, 0.25) is 0 Å². The minimum atomic E-state index is -0.572. The lowest BCUT2D eigenvalue weighted by Gasteiger charge is -2.18. The van der Waals surface area contributed by atoms with Gasteiger partial charge in [-0.05, 0) is 78.7 Å². The molecule has 0 spiro atoms. The summed E-state index contributed by atoms with van der Waals surface area (Å²) < 4.78 is 9.36. The van der Waals surface area contributed by atoms with Gasteiger partial charge in [0.1, 0.15) is 6.61 Å². The van der Waals surface area contributed by atoms with Gasteiger partial charge in [0.25, 0.3) is 0 Å². The van der Waals surface area contributed by atoms with Gasteiger partial charge in [-0.2, -0.15) is 0 Å². The van der Waals surface area contributed by atoms with E-state index in [4.69, 9.17) is 10.3 Å². The average molecular weight is 555 g/mol. The molecule has 1 atom stereocenters. The Morgan fingerprint density at radius 3 is 2.61 bits per heavy atom. The number of hydrogen-bond donors (Lipinski definition) is 2. The third-order valence-electron chi connectivity index (χ3n) is 5.31. The first kappa shape index (κ1) is 23.2. The van der Waals surface area contributed by atoms with Crippen molar-refractivity contribution in [2.24, 2.45) is 5.11 Å². The maximum Gasteiger partial charge on any atom is 0.152 e. The molecular weight excluding hydrogens is 529 g/mol. The van der Waals surface area contributed by atoms with Crippen LogP contribution in [0, 0.1) is 3.57 Å². The summed E-state index contributed by atoms with van der Waals surface area (Å²) in [4.78, 5) is 2.90. The molecule has 0 aliphatic heterocycles. The van der Waals surface area contributed by atoms with Crippen molar-refractivity contribution in [1.29, 1.82) is 0 Å². The second kappa shape index (κ2) is 9.91. The standard InChI is InChI=1S/C25H26IN5O2/c1-15(2)28-21-10-11-23-24(25(21)33-14-16(3)32)18-6-4-5-7-22(18)31(23)13-17-8-9-20(29-30-27)19(26)12-17/h4-12,15-16,28,32H,13-14H2,1-3H3. The summed E-state index contributed by atoms with van der Waals surface area (Å²) in [5.74, 6) is 0.755. The topological polar surface area (TPSA) is 95.2 Å². The van der Waals surface area contributed by atoms with Gasteiger partial charge in [0.05, 0.1) is 28.4 Å². The first-order valence-corrected chi connectivity index (χ1v) is 11.9. The molecule has 170 valence electrons. The summed E-state index contributed by atoms with van der Waals surface area (Å²) in [7, 11) is 0. The van der Waals surface area contributed by atoms with Crippen LogP contribution in [-0.4, -0.2) is 28.4 Å². The van der Waals surface area contributed by atoms with Crippen LogP contribution in [0.4, 0.5) is 11.4 Å². The van der Waals surface area contributed by atoms with Crippen molar-refractivity contribution in [3.63, 3.8) is 0 Å². The van der Waals surface area contributed by atoms with E-state index >= 15 is 0 Å². The molecule has 7 nitrogen and oxygen atoms in total. The lowest BCUT2D eigenvalue weighted by atomic mass is 10.1. The van der Waals surface area contributed by atoms with E-state index in [1.54, 1.807) is 6.92 Å². The summed E-state index contributed by atoms with van der Waals surface area (Å²) in [6.07, 6.45) is -0.572. The molecule has 0 bridgehead atoms. The molecule has 0 fully saturated rings. The van der Waals surface area contributed by atoms with Gasteiger partial charge in [0.15, 0.2) is 5.75 Å². The van der Waals surface area contributed by atoms with Gasteiger partial charge < -0.3 is 19.7 Å². The molecular formula is C25H26IN5O2. The monoisotopic (exact) mass is 555 g/mol. The van der Waals surface area contributed by atoms with Crippen LogP contribution in [0.15, 0.2) is 59.7 Å². The summed E-state index contributed by atoms with van der Waals surface area (Å²) in [5, 5.41) is 19.2. The Balaban J connectivity index is 1.90. The van der Waals surface area contributed by atoms with Gasteiger partial charge in [-0.25, -0.2) is 0 Å². The maximum atomic E-state index is 9.88. The summed E-state index contributed by atoms with van der Waals surface area (Å²) >= 11 is 2.20. The molecule has 0 saturated carbocycles. The van der Waals surface area contributed by atoms with Crippen LogP contribution in [0.3, 0.4) is 0 Å². The molecule has 1 unspecified atom stereocenters. The number of para-hydroxylation sites is 1. The van der Waals surface area contributed by atoms with Crippen LogP contribution in [0.1, 0.15) is 26.3 Å². The highest BCUT2D eigenvalue weighted by Crippen LogP contribution is 2.41. The van der Waals surface area contributed by atoms with Crippen molar-refractivity contribution in [3.8, 4) is 5.75 Å². The highest BCUT2D eigenvalue weighted by atomic mass is 127. The number of hydrogen-bond acceptors (Lipinski definition) is 4. The quantitative estimate of drug-likeness (QED) is 0.106. The normalized spacial score (nSPS) is 12.2. The predicted molar refractivity (Wildman–Crippen MR) is 142 cm³/mol. The van der Waals surface area contributed by atoms with Crippen LogP contribution < -0.4 is 10.1 Å². The predicted octanol–water partition coefficient (Wildman–Crippen LogP) is 6.97. The number of benzene rings is 3. The Kier molecular flexibility index (Phi) is 6.97. The van der Waals surface area contributed by atoms with E-state index in [0.717, 1.165) is 42.4 Å². The van der Waals surface area contributed by atoms with Gasteiger partial charge in [-0.3, -0.25) is 0 Å². The average Bonchev–Trinajstić information content (AvgIpc) is 3.08. The van der Waals surface area contributed by atoms with Crippen molar-refractivity contribution >= 4 is 55.8 Å². The van der Waals surface area contributed by atoms with Crippen molar-refractivity contribution in [2.45, 2.75) is 39.5 Å². The van der Waals surface area contributed by atoms with Crippen LogP contribution in [0.25, 0.3) is 32.2 Å². The molecule has 0 radical (unpaired) electrons. The van der Waals surface area contributed by atoms with E-state index in [9.17, 15) is 5.11 Å². The maximum absolute atomic E-state index is 9.88. The summed E-state index contributed by atoms with van der Waals surface area (Å²) in [6.45, 7) is 6.77. The highest BCUT2D eigenvalue weighted by molar-refractivity contribution is 14.1. The van der Waals surface area contributed by atoms with E-state index in [2.05, 4.69) is 74.5 Å². The van der Waals surface area contributed by atoms with Gasteiger partial charge in [0, 0.05) is 32.0 Å². The number of nitrogens with one attached hydrogen (secondary N) is 1. The van der Waals surface area contributed by atoms with Gasteiger partial charge >= 0.3 is 0 Å². The van der Waals surface area contributed by atoms with Crippen molar-refractivity contribution in [2.75, 3.05) is 11.9 Å². The van der Waals surface area contributed by atoms with Crippen LogP contribution in [0.2, 0.25) is 0 Å². The third-order valence-corrected chi connectivity index (χ3v) is 6.17. The number of halogens is 1. The van der Waals surface area contributed by atoms with Crippen LogP contribution in [0.5, 0.6) is 5.75 Å². The largest absolute Gasteiger partial charge is 0.488 e. The van der Waals surface area contributed by atoms with E-state index in [0.29, 0.717) is 12.2 Å². The molecule has 1 heterocycles. The van der Waals surface area contributed by atoms with Crippen molar-refractivity contribution in [3.05, 3.63) is 74.2 Å². The van der Waals surface area contributed by atoms with E-state index in [-0.39, 0.29) is 12.6 Å². The van der Waals surface area contributed by atoms with Crippen LogP contribution >= 0.6 is 22.6 Å². The number of aliphatic hydroxyl groups excluding tert-OH is 1. The fraction of sp³-hybridized carbons (Fsp3) is 0.280. The minimum Gasteiger partial charge on any atom is -0.488 e. The lowest BCUT2D eigenvalue weighted by molar-refractivity contribution is 0.124. The molecule has 0 aliphatic carbocycles. The zero-order valence-corrected chi connectivity index (χ0v) is 20.9. The lowest BCUT2D eigenvalue weighted by Crippen LogP contribution is -2.16. The van der Waals surface area contributed by atoms with Gasteiger partial charge in [-0.15, -0.1) is 0 Å². The molecule has 3 aromatic carbocycles. The Bertz CT molecular complexity index is 1360. The third kappa shape index (κ3) is 4.88. The Hall–Kier alpha value is -2.94. The summed E-state index contributed by atoms with van der Waals surface area (Å²) in [6, 6.07) is 18.6. The Morgan fingerprint density at radius 2 is 1.91 bits per heavy atom. The molecule has 4 aromatic rings. The number of aromatic nitrogens is 1. The smallest absolute Gasteiger partial charge is 0.152 e. The van der Waals surface area contributed by atoms with E-state index < -0.39 is 6.10 Å². The number of azide groups is 1. The first-order chi connectivity index (χ1) is 15.9. The van der Waals surface area contributed by atoms with Crippen LogP contribution in [-0.2, 0) is 6.54 Å². The van der Waals surface area contributed by atoms with Crippen molar-refractivity contribution in [1.82, 2.24) is 4.57 Å². The highest BCUT2D eigenvalue weighted by Gasteiger charge is 2.19. The number of nitrogens with zero attached hydrogens (tertiary/aromatic N) is 4. The Labute approximate surface area is 206 Å². The second-order valence-electron chi connectivity index (χ2n) is 8.37.